The molecular formula is C15H16ClFN2O2. The lowest BCUT2D eigenvalue weighted by molar-refractivity contribution is -0.137. The number of carbonyl (C=O) groups excluding carboxylic acids is 2. The number of carbonyl (C=O) groups is 2. The van der Waals surface area contributed by atoms with Gasteiger partial charge in [0, 0.05) is 5.02 Å². The minimum Gasteiger partial charge on any atom is -0.340 e. The van der Waals surface area contributed by atoms with Crippen molar-refractivity contribution in [3.8, 4) is 0 Å². The number of nitrogens with one attached hydrogen (secondary N) is 1. The molecule has 0 aromatic heterocycles. The van der Waals surface area contributed by atoms with Gasteiger partial charge in [0.2, 0.25) is 5.91 Å². The van der Waals surface area contributed by atoms with Gasteiger partial charge in [0.1, 0.15) is 17.9 Å². The molecule has 112 valence electrons. The summed E-state index contributed by atoms with van der Waals surface area (Å²) >= 11 is 5.89. The van der Waals surface area contributed by atoms with E-state index >= 15 is 0 Å². The average Bonchev–Trinajstić information content (AvgIpc) is 2.47. The molecule has 1 saturated carbocycles. The third-order valence-corrected chi connectivity index (χ3v) is 4.48. The summed E-state index contributed by atoms with van der Waals surface area (Å²) in [7, 11) is 0. The van der Waals surface area contributed by atoms with E-state index in [1.807, 2.05) is 0 Å². The number of piperazine rings is 1. The summed E-state index contributed by atoms with van der Waals surface area (Å²) in [6.07, 6.45) is 4.04. The molecule has 1 aromatic rings. The molecule has 2 fully saturated rings. The Morgan fingerprint density at radius 1 is 1.19 bits per heavy atom. The fourth-order valence-electron chi connectivity index (χ4n) is 3.22. The minimum atomic E-state index is -0.873. The van der Waals surface area contributed by atoms with Crippen molar-refractivity contribution < 1.29 is 14.0 Å². The van der Waals surface area contributed by atoms with E-state index in [0.717, 1.165) is 19.3 Å². The van der Waals surface area contributed by atoms with Crippen molar-refractivity contribution in [2.24, 2.45) is 0 Å². The van der Waals surface area contributed by atoms with Gasteiger partial charge in [-0.3, -0.25) is 14.5 Å². The number of rotatable bonds is 1. The molecule has 1 saturated heterocycles. The average molecular weight is 311 g/mol. The van der Waals surface area contributed by atoms with Crippen LogP contribution in [0, 0.1) is 5.82 Å². The minimum absolute atomic E-state index is 0.0762. The van der Waals surface area contributed by atoms with Gasteiger partial charge in [0.15, 0.2) is 0 Å². The summed E-state index contributed by atoms with van der Waals surface area (Å²) in [6.45, 7) is -0.169. The van der Waals surface area contributed by atoms with Gasteiger partial charge in [-0.2, -0.15) is 0 Å². The van der Waals surface area contributed by atoms with Crippen LogP contribution in [0.25, 0.3) is 0 Å². The standard InChI is InChI=1S/C15H16ClFN2O2/c16-10-4-5-11(17)12(8-10)19-9-13(20)18-15(14(19)21)6-2-1-3-7-15/h4-5,8H,1-3,6-7,9H2,(H,18,20). The van der Waals surface area contributed by atoms with Gasteiger partial charge in [-0.05, 0) is 31.0 Å². The van der Waals surface area contributed by atoms with Crippen LogP contribution in [0.1, 0.15) is 32.1 Å². The number of amides is 2. The number of nitrogens with zero attached hydrogens (tertiary/aromatic N) is 1. The monoisotopic (exact) mass is 310 g/mol. The fraction of sp³-hybridized carbons (Fsp3) is 0.467. The van der Waals surface area contributed by atoms with E-state index in [4.69, 9.17) is 11.6 Å². The maximum atomic E-state index is 14.0. The van der Waals surface area contributed by atoms with Crippen LogP contribution in [0.3, 0.4) is 0 Å². The normalized spacial score (nSPS) is 21.5. The number of halogens is 2. The van der Waals surface area contributed by atoms with Gasteiger partial charge < -0.3 is 5.32 Å². The molecule has 6 heteroatoms. The van der Waals surface area contributed by atoms with Crippen molar-refractivity contribution in [2.75, 3.05) is 11.4 Å². The van der Waals surface area contributed by atoms with Crippen molar-refractivity contribution >= 4 is 29.1 Å². The molecule has 4 nitrogen and oxygen atoms in total. The molecule has 1 aliphatic carbocycles. The molecule has 1 aliphatic heterocycles. The highest BCUT2D eigenvalue weighted by molar-refractivity contribution is 6.31. The Bertz CT molecular complexity index is 599. The molecule has 3 rings (SSSR count). The van der Waals surface area contributed by atoms with Crippen LogP contribution in [-0.4, -0.2) is 23.9 Å². The number of hydrogen-bond acceptors (Lipinski definition) is 2. The first-order valence-corrected chi connectivity index (χ1v) is 7.48. The quantitative estimate of drug-likeness (QED) is 0.867. The Balaban J connectivity index is 1.99. The van der Waals surface area contributed by atoms with Gasteiger partial charge in [-0.15, -0.1) is 0 Å². The van der Waals surface area contributed by atoms with Crippen LogP contribution < -0.4 is 10.2 Å². The molecule has 2 aliphatic rings. The largest absolute Gasteiger partial charge is 0.340 e. The van der Waals surface area contributed by atoms with Crippen LogP contribution in [0.15, 0.2) is 18.2 Å². The second-order valence-corrected chi connectivity index (χ2v) is 6.11. The zero-order chi connectivity index (χ0) is 15.0. The summed E-state index contributed by atoms with van der Waals surface area (Å²) in [5.41, 5.74) is -0.796. The lowest BCUT2D eigenvalue weighted by Gasteiger charge is -2.44. The maximum absolute atomic E-state index is 14.0. The molecule has 1 heterocycles. The molecule has 1 aromatic carbocycles. The van der Waals surface area contributed by atoms with Crippen molar-refractivity contribution in [1.29, 1.82) is 0 Å². The van der Waals surface area contributed by atoms with Gasteiger partial charge in [0.05, 0.1) is 5.69 Å². The Labute approximate surface area is 127 Å². The first kappa shape index (κ1) is 14.3. The SMILES string of the molecule is O=C1CN(c2cc(Cl)ccc2F)C(=O)C2(CCCCC2)N1. The van der Waals surface area contributed by atoms with E-state index in [9.17, 15) is 14.0 Å². The molecule has 0 atom stereocenters. The van der Waals surface area contributed by atoms with Crippen LogP contribution >= 0.6 is 11.6 Å². The molecule has 21 heavy (non-hydrogen) atoms. The van der Waals surface area contributed by atoms with Gasteiger partial charge in [-0.25, -0.2) is 4.39 Å². The Kier molecular flexibility index (Phi) is 3.61. The Morgan fingerprint density at radius 2 is 1.90 bits per heavy atom. The number of benzene rings is 1. The molecule has 0 radical (unpaired) electrons. The zero-order valence-corrected chi connectivity index (χ0v) is 12.3. The highest BCUT2D eigenvalue weighted by Crippen LogP contribution is 2.35. The first-order chi connectivity index (χ1) is 10.0. The lowest BCUT2D eigenvalue weighted by atomic mass is 9.79. The van der Waals surface area contributed by atoms with Crippen molar-refractivity contribution in [1.82, 2.24) is 5.32 Å². The Hall–Kier alpha value is -1.62. The van der Waals surface area contributed by atoms with Crippen LogP contribution in [-0.2, 0) is 9.59 Å². The molecule has 1 N–H and O–H groups in total. The van der Waals surface area contributed by atoms with E-state index < -0.39 is 11.4 Å². The molecule has 0 bridgehead atoms. The van der Waals surface area contributed by atoms with Crippen LogP contribution in [0.5, 0.6) is 0 Å². The van der Waals surface area contributed by atoms with E-state index in [1.54, 1.807) is 0 Å². The third kappa shape index (κ3) is 2.50. The summed E-state index contributed by atoms with van der Waals surface area (Å²) < 4.78 is 14.0. The van der Waals surface area contributed by atoms with Crippen molar-refractivity contribution in [3.63, 3.8) is 0 Å². The molecule has 0 unspecified atom stereocenters. The smallest absolute Gasteiger partial charge is 0.253 e. The molecule has 1 spiro atoms. The summed E-state index contributed by atoms with van der Waals surface area (Å²) in [4.78, 5) is 26.0. The fourth-order valence-corrected chi connectivity index (χ4v) is 3.38. The molecule has 2 amide bonds. The summed E-state index contributed by atoms with van der Waals surface area (Å²) in [5, 5.41) is 3.17. The third-order valence-electron chi connectivity index (χ3n) is 4.24. The van der Waals surface area contributed by atoms with Gasteiger partial charge in [0.25, 0.3) is 5.91 Å². The maximum Gasteiger partial charge on any atom is 0.253 e. The lowest BCUT2D eigenvalue weighted by Crippen LogP contribution is -2.67. The first-order valence-electron chi connectivity index (χ1n) is 7.10. The van der Waals surface area contributed by atoms with E-state index in [0.29, 0.717) is 17.9 Å². The van der Waals surface area contributed by atoms with Crippen LogP contribution in [0.4, 0.5) is 10.1 Å². The van der Waals surface area contributed by atoms with Crippen molar-refractivity contribution in [2.45, 2.75) is 37.6 Å². The highest BCUT2D eigenvalue weighted by atomic mass is 35.5. The van der Waals surface area contributed by atoms with E-state index in [2.05, 4.69) is 5.32 Å². The second-order valence-electron chi connectivity index (χ2n) is 5.68. The van der Waals surface area contributed by atoms with E-state index in [1.165, 1.54) is 23.1 Å². The van der Waals surface area contributed by atoms with Crippen LogP contribution in [0.2, 0.25) is 5.02 Å². The highest BCUT2D eigenvalue weighted by Gasteiger charge is 2.47. The Morgan fingerprint density at radius 3 is 2.62 bits per heavy atom. The summed E-state index contributed by atoms with van der Waals surface area (Å²) in [6, 6.07) is 4.03. The predicted molar refractivity (Wildman–Crippen MR) is 77.7 cm³/mol. The van der Waals surface area contributed by atoms with E-state index in [-0.39, 0.29) is 24.0 Å². The predicted octanol–water partition coefficient (Wildman–Crippen LogP) is 2.64. The van der Waals surface area contributed by atoms with Gasteiger partial charge >= 0.3 is 0 Å². The van der Waals surface area contributed by atoms with Crippen molar-refractivity contribution in [3.05, 3.63) is 29.0 Å². The summed E-state index contributed by atoms with van der Waals surface area (Å²) in [5.74, 6) is -1.03. The number of hydrogen-bond donors (Lipinski definition) is 1. The zero-order valence-electron chi connectivity index (χ0n) is 11.5. The van der Waals surface area contributed by atoms with Gasteiger partial charge in [-0.1, -0.05) is 30.9 Å². The topological polar surface area (TPSA) is 49.4 Å². The number of anilines is 1. The second kappa shape index (κ2) is 5.30. The molecular weight excluding hydrogens is 295 g/mol.